The van der Waals surface area contributed by atoms with Crippen LogP contribution in [0.15, 0.2) is 52.5 Å². The molecular weight excluding hydrogens is 490 g/mol. The Hall–Kier alpha value is -3.09. The Labute approximate surface area is 208 Å². The highest BCUT2D eigenvalue weighted by Gasteiger charge is 2.27. The Morgan fingerprint density at radius 2 is 1.77 bits per heavy atom. The maximum absolute atomic E-state index is 12.7. The average Bonchev–Trinajstić information content (AvgIpc) is 3.53. The van der Waals surface area contributed by atoms with Gasteiger partial charge in [0.15, 0.2) is 11.0 Å². The molecular formula is C23H27N5O5S2. The normalized spacial score (nSPS) is 14.1. The van der Waals surface area contributed by atoms with Gasteiger partial charge in [-0.2, -0.15) is 4.31 Å². The number of hydrogen-bond acceptors (Lipinski definition) is 8. The van der Waals surface area contributed by atoms with Gasteiger partial charge in [0.05, 0.1) is 30.6 Å². The lowest BCUT2D eigenvalue weighted by molar-refractivity contribution is -0.113. The molecule has 1 saturated heterocycles. The Balaban J connectivity index is 1.42. The number of thioether (sulfide) groups is 1. The van der Waals surface area contributed by atoms with E-state index in [1.165, 1.54) is 23.2 Å². The van der Waals surface area contributed by atoms with E-state index in [-0.39, 0.29) is 16.6 Å². The summed E-state index contributed by atoms with van der Waals surface area (Å²) in [7, 11) is 1.41. The van der Waals surface area contributed by atoms with Gasteiger partial charge in [-0.3, -0.25) is 4.79 Å². The first-order chi connectivity index (χ1) is 16.8. The van der Waals surface area contributed by atoms with Crippen molar-refractivity contribution in [2.75, 3.05) is 38.4 Å². The largest absolute Gasteiger partial charge is 0.497 e. The van der Waals surface area contributed by atoms with Gasteiger partial charge in [0.2, 0.25) is 15.9 Å². The SMILES string of the molecule is COc1ccc(OC)c(NC(=O)CSc2nnc(-c3ccc(S(=O)(=O)N4CCCC4)cc3)n2C)c1. The van der Waals surface area contributed by atoms with Crippen molar-refractivity contribution >= 4 is 33.4 Å². The third-order valence-corrected chi connectivity index (χ3v) is 8.60. The lowest BCUT2D eigenvalue weighted by Gasteiger charge is -2.15. The first kappa shape index (κ1) is 25.0. The molecule has 0 aliphatic carbocycles. The summed E-state index contributed by atoms with van der Waals surface area (Å²) < 4.78 is 39.3. The molecule has 1 N–H and O–H groups in total. The van der Waals surface area contributed by atoms with Crippen molar-refractivity contribution in [1.82, 2.24) is 19.1 Å². The minimum atomic E-state index is -3.47. The van der Waals surface area contributed by atoms with Crippen molar-refractivity contribution in [1.29, 1.82) is 0 Å². The molecule has 10 nitrogen and oxygen atoms in total. The van der Waals surface area contributed by atoms with E-state index >= 15 is 0 Å². The maximum Gasteiger partial charge on any atom is 0.243 e. The topological polar surface area (TPSA) is 116 Å². The van der Waals surface area contributed by atoms with E-state index in [1.807, 2.05) is 0 Å². The molecule has 0 unspecified atom stereocenters. The highest BCUT2D eigenvalue weighted by atomic mass is 32.2. The van der Waals surface area contributed by atoms with Gasteiger partial charge in [-0.1, -0.05) is 11.8 Å². The van der Waals surface area contributed by atoms with E-state index in [9.17, 15) is 13.2 Å². The predicted octanol–water partition coefficient (Wildman–Crippen LogP) is 3.01. The van der Waals surface area contributed by atoms with Gasteiger partial charge in [-0.15, -0.1) is 10.2 Å². The molecule has 1 aromatic heterocycles. The second-order valence-corrected chi connectivity index (χ2v) is 10.8. The van der Waals surface area contributed by atoms with Crippen LogP contribution in [0.25, 0.3) is 11.4 Å². The standard InChI is InChI=1S/C23H27N5O5S2/c1-27-22(16-6-9-18(10-7-16)35(30,31)28-12-4-5-13-28)25-26-23(27)34-15-21(29)24-19-14-17(32-2)8-11-20(19)33-3/h6-11,14H,4-5,12-13,15H2,1-3H3,(H,24,29). The van der Waals surface area contributed by atoms with E-state index in [0.717, 1.165) is 18.4 Å². The molecule has 12 heteroatoms. The van der Waals surface area contributed by atoms with Crippen molar-refractivity contribution in [3.05, 3.63) is 42.5 Å². The molecule has 3 aromatic rings. The van der Waals surface area contributed by atoms with Crippen LogP contribution in [0.2, 0.25) is 0 Å². The number of hydrogen-bond donors (Lipinski definition) is 1. The van der Waals surface area contributed by atoms with Crippen LogP contribution in [0, 0.1) is 0 Å². The number of amides is 1. The number of carbonyl (C=O) groups excluding carboxylic acids is 1. The van der Waals surface area contributed by atoms with E-state index in [2.05, 4.69) is 15.5 Å². The smallest absolute Gasteiger partial charge is 0.243 e. The molecule has 1 aliphatic heterocycles. The Morgan fingerprint density at radius 1 is 1.06 bits per heavy atom. The Morgan fingerprint density at radius 3 is 2.43 bits per heavy atom. The fraction of sp³-hybridized carbons (Fsp3) is 0.348. The molecule has 2 heterocycles. The van der Waals surface area contributed by atoms with E-state index in [0.29, 0.717) is 41.3 Å². The molecule has 2 aromatic carbocycles. The minimum Gasteiger partial charge on any atom is -0.497 e. The number of anilines is 1. The number of aromatic nitrogens is 3. The molecule has 0 saturated carbocycles. The van der Waals surface area contributed by atoms with Crippen molar-refractivity contribution in [3.8, 4) is 22.9 Å². The van der Waals surface area contributed by atoms with E-state index in [1.54, 1.807) is 61.2 Å². The molecule has 1 fully saturated rings. The third kappa shape index (κ3) is 5.44. The van der Waals surface area contributed by atoms with Gasteiger partial charge in [-0.05, 0) is 49.2 Å². The van der Waals surface area contributed by atoms with Crippen molar-refractivity contribution in [3.63, 3.8) is 0 Å². The molecule has 0 atom stereocenters. The quantitative estimate of drug-likeness (QED) is 0.431. The summed E-state index contributed by atoms with van der Waals surface area (Å²) in [6, 6.07) is 11.8. The molecule has 1 aliphatic rings. The van der Waals surface area contributed by atoms with Crippen molar-refractivity contribution in [2.24, 2.45) is 7.05 Å². The zero-order valence-corrected chi connectivity index (χ0v) is 21.4. The van der Waals surface area contributed by atoms with Gasteiger partial charge < -0.3 is 19.4 Å². The van der Waals surface area contributed by atoms with Crippen LogP contribution < -0.4 is 14.8 Å². The molecule has 4 rings (SSSR count). The minimum absolute atomic E-state index is 0.110. The average molecular weight is 518 g/mol. The van der Waals surface area contributed by atoms with Gasteiger partial charge in [0, 0.05) is 31.8 Å². The van der Waals surface area contributed by atoms with Crippen LogP contribution in [0.4, 0.5) is 5.69 Å². The molecule has 0 spiro atoms. The number of methoxy groups -OCH3 is 2. The number of benzene rings is 2. The Kier molecular flexibility index (Phi) is 7.63. The fourth-order valence-corrected chi connectivity index (χ4v) is 6.00. The second kappa shape index (κ2) is 10.7. The molecule has 186 valence electrons. The summed E-state index contributed by atoms with van der Waals surface area (Å²) in [5.41, 5.74) is 1.25. The van der Waals surface area contributed by atoms with E-state index < -0.39 is 10.0 Å². The van der Waals surface area contributed by atoms with Crippen molar-refractivity contribution < 1.29 is 22.7 Å². The highest BCUT2D eigenvalue weighted by molar-refractivity contribution is 7.99. The van der Waals surface area contributed by atoms with Crippen LogP contribution in [0.3, 0.4) is 0 Å². The summed E-state index contributed by atoms with van der Waals surface area (Å²) >= 11 is 1.24. The first-order valence-corrected chi connectivity index (χ1v) is 13.4. The summed E-state index contributed by atoms with van der Waals surface area (Å²) in [5.74, 6) is 1.58. The van der Waals surface area contributed by atoms with Crippen LogP contribution in [0.1, 0.15) is 12.8 Å². The van der Waals surface area contributed by atoms with Gasteiger partial charge in [0.25, 0.3) is 0 Å². The summed E-state index contributed by atoms with van der Waals surface area (Å²) in [4.78, 5) is 12.8. The van der Waals surface area contributed by atoms with Crippen LogP contribution in [-0.2, 0) is 21.9 Å². The number of nitrogens with one attached hydrogen (secondary N) is 1. The molecule has 0 bridgehead atoms. The molecule has 0 radical (unpaired) electrons. The summed E-state index contributed by atoms with van der Waals surface area (Å²) in [5, 5.41) is 11.8. The zero-order valence-electron chi connectivity index (χ0n) is 19.7. The first-order valence-electron chi connectivity index (χ1n) is 11.0. The fourth-order valence-electron chi connectivity index (χ4n) is 3.77. The predicted molar refractivity (Wildman–Crippen MR) is 133 cm³/mol. The second-order valence-electron chi connectivity index (χ2n) is 7.90. The summed E-state index contributed by atoms with van der Waals surface area (Å²) in [6.45, 7) is 1.12. The van der Waals surface area contributed by atoms with Gasteiger partial charge >= 0.3 is 0 Å². The maximum atomic E-state index is 12.7. The highest BCUT2D eigenvalue weighted by Crippen LogP contribution is 2.30. The van der Waals surface area contributed by atoms with Crippen LogP contribution in [-0.4, -0.2) is 66.5 Å². The van der Waals surface area contributed by atoms with Crippen LogP contribution >= 0.6 is 11.8 Å². The number of rotatable bonds is 9. The zero-order chi connectivity index (χ0) is 25.0. The van der Waals surface area contributed by atoms with Crippen molar-refractivity contribution in [2.45, 2.75) is 22.9 Å². The number of carbonyl (C=O) groups is 1. The lowest BCUT2D eigenvalue weighted by atomic mass is 10.2. The summed E-state index contributed by atoms with van der Waals surface area (Å²) in [6.07, 6.45) is 1.78. The number of sulfonamides is 1. The molecule has 1 amide bonds. The number of ether oxygens (including phenoxy) is 2. The lowest BCUT2D eigenvalue weighted by Crippen LogP contribution is -2.27. The van der Waals surface area contributed by atoms with E-state index in [4.69, 9.17) is 9.47 Å². The van der Waals surface area contributed by atoms with Gasteiger partial charge in [-0.25, -0.2) is 8.42 Å². The Bertz CT molecular complexity index is 1300. The monoisotopic (exact) mass is 517 g/mol. The molecule has 35 heavy (non-hydrogen) atoms. The number of nitrogens with zero attached hydrogens (tertiary/aromatic N) is 4. The van der Waals surface area contributed by atoms with Crippen LogP contribution in [0.5, 0.6) is 11.5 Å². The third-order valence-electron chi connectivity index (χ3n) is 5.66. The van der Waals surface area contributed by atoms with Gasteiger partial charge in [0.1, 0.15) is 11.5 Å².